The molecule has 0 bridgehead atoms. The van der Waals surface area contributed by atoms with Gasteiger partial charge in [0.1, 0.15) is 17.1 Å². The van der Waals surface area contributed by atoms with Crippen LogP contribution in [-0.2, 0) is 15.7 Å². The molecule has 0 amide bonds. The number of nitrogens with zero attached hydrogens (tertiary/aromatic N) is 1. The van der Waals surface area contributed by atoms with E-state index in [0.29, 0.717) is 0 Å². The van der Waals surface area contributed by atoms with E-state index in [-0.39, 0.29) is 6.10 Å². The number of allylic oxidation sites excluding steroid dienone is 3. The Morgan fingerprint density at radius 2 is 1.80 bits per heavy atom. The summed E-state index contributed by atoms with van der Waals surface area (Å²) < 4.78 is 21.4. The maximum Gasteiger partial charge on any atom is 0.154 e. The van der Waals surface area contributed by atoms with Crippen molar-refractivity contribution in [1.29, 1.82) is 0 Å². The molecule has 1 aliphatic heterocycles. The van der Waals surface area contributed by atoms with Gasteiger partial charge in [-0.3, -0.25) is 0 Å². The number of unbranched alkanes of at least 4 members (excludes halogenated alkanes) is 5. The van der Waals surface area contributed by atoms with E-state index in [9.17, 15) is 4.21 Å². The highest BCUT2D eigenvalue weighted by Crippen LogP contribution is 2.37. The Morgan fingerprint density at radius 1 is 1.16 bits per heavy atom. The summed E-state index contributed by atoms with van der Waals surface area (Å²) in [6.45, 7) is 9.14. The number of nitrogens with one attached hydrogen (secondary N) is 1. The molecule has 1 heterocycles. The summed E-state index contributed by atoms with van der Waals surface area (Å²) in [6.07, 6.45) is 13.0. The van der Waals surface area contributed by atoms with Crippen LogP contribution in [0, 0.1) is 0 Å². The van der Waals surface area contributed by atoms with Gasteiger partial charge in [-0.15, -0.1) is 0 Å². The lowest BCUT2D eigenvalue weighted by Crippen LogP contribution is -2.34. The summed E-state index contributed by atoms with van der Waals surface area (Å²) in [5.41, 5.74) is 0.822. The molecule has 5 heteroatoms. The summed E-state index contributed by atoms with van der Waals surface area (Å²) in [5.74, 6) is 0. The maximum absolute atomic E-state index is 12.4. The molecule has 4 nitrogen and oxygen atoms in total. The first-order valence-corrected chi connectivity index (χ1v) is 10.8. The van der Waals surface area contributed by atoms with Gasteiger partial charge in [0.25, 0.3) is 0 Å². The fraction of sp³-hybridized carbons (Fsp3) is 0.800. The van der Waals surface area contributed by atoms with Crippen LogP contribution in [0.5, 0.6) is 0 Å². The van der Waals surface area contributed by atoms with E-state index in [1.54, 1.807) is 0 Å². The van der Waals surface area contributed by atoms with Crippen LogP contribution >= 0.6 is 0 Å². The van der Waals surface area contributed by atoms with Crippen molar-refractivity contribution >= 4 is 11.0 Å². The lowest BCUT2D eigenvalue weighted by Gasteiger charge is -2.10. The zero-order valence-electron chi connectivity index (χ0n) is 17.1. The molecule has 1 saturated heterocycles. The second-order valence-electron chi connectivity index (χ2n) is 7.67. The minimum absolute atomic E-state index is 0.196. The predicted octanol–water partition coefficient (Wildman–Crippen LogP) is 4.52. The van der Waals surface area contributed by atoms with Gasteiger partial charge in [-0.2, -0.15) is 0 Å². The normalized spacial score (nSPS) is 25.5. The van der Waals surface area contributed by atoms with Crippen molar-refractivity contribution in [3.63, 3.8) is 0 Å². The van der Waals surface area contributed by atoms with Crippen molar-refractivity contribution in [3.8, 4) is 0 Å². The summed E-state index contributed by atoms with van der Waals surface area (Å²) in [4.78, 5) is 2.95. The van der Waals surface area contributed by atoms with E-state index >= 15 is 0 Å². The molecule has 0 radical (unpaired) electrons. The van der Waals surface area contributed by atoms with E-state index in [1.165, 1.54) is 44.1 Å². The molecule has 0 spiro atoms. The second-order valence-corrected chi connectivity index (χ2v) is 9.05. The summed E-state index contributed by atoms with van der Waals surface area (Å²) >= 11 is 0. The number of likely N-dealkylation sites (N-methyl/N-ethyl adjacent to an activating group) is 1. The summed E-state index contributed by atoms with van der Waals surface area (Å²) in [5, 5.41) is 0. The van der Waals surface area contributed by atoms with Gasteiger partial charge in [-0.25, -0.2) is 8.93 Å². The predicted molar refractivity (Wildman–Crippen MR) is 109 cm³/mol. The lowest BCUT2D eigenvalue weighted by molar-refractivity contribution is 0.295. The molecule has 0 aromatic heterocycles. The first-order chi connectivity index (χ1) is 11.8. The summed E-state index contributed by atoms with van der Waals surface area (Å²) in [6, 6.07) is 0. The minimum atomic E-state index is -1.21. The Hall–Kier alpha value is -0.490. The van der Waals surface area contributed by atoms with Crippen LogP contribution in [0.4, 0.5) is 0 Å². The van der Waals surface area contributed by atoms with Gasteiger partial charge >= 0.3 is 0 Å². The highest BCUT2D eigenvalue weighted by molar-refractivity contribution is 7.87. The van der Waals surface area contributed by atoms with Gasteiger partial charge in [0, 0.05) is 11.4 Å². The average Bonchev–Trinajstić information content (AvgIpc) is 3.17. The number of hydrogen-bond acceptors (Lipinski definition) is 3. The van der Waals surface area contributed by atoms with E-state index in [4.69, 9.17) is 4.74 Å². The zero-order valence-corrected chi connectivity index (χ0v) is 17.9. The number of rotatable bonds is 13. The molecule has 3 atom stereocenters. The molecule has 3 unspecified atom stereocenters. The topological polar surface area (TPSA) is 44.9 Å². The van der Waals surface area contributed by atoms with Crippen LogP contribution < -0.4 is 4.72 Å². The molecule has 0 saturated carbocycles. The molecule has 1 fully saturated rings. The number of hydrogen-bond donors (Lipinski definition) is 1. The highest BCUT2D eigenvalue weighted by Gasteiger charge is 2.52. The number of ether oxygens (including phenoxy) is 1. The molecule has 146 valence electrons. The average molecular weight is 371 g/mol. The largest absolute Gasteiger partial charge is 0.350 e. The molecule has 0 aromatic carbocycles. The maximum atomic E-state index is 12.4. The van der Waals surface area contributed by atoms with E-state index in [0.717, 1.165) is 17.9 Å². The van der Waals surface area contributed by atoms with Crippen molar-refractivity contribution in [2.45, 2.75) is 84.5 Å². The van der Waals surface area contributed by atoms with Gasteiger partial charge in [-0.05, 0) is 47.4 Å². The van der Waals surface area contributed by atoms with Gasteiger partial charge in [0.15, 0.2) is 5.72 Å². The molecule has 0 aromatic rings. The third-order valence-corrected chi connectivity index (χ3v) is 5.83. The van der Waals surface area contributed by atoms with Gasteiger partial charge in [-0.1, -0.05) is 57.1 Å². The molecule has 1 N–H and O–H groups in total. The first kappa shape index (κ1) is 22.6. The van der Waals surface area contributed by atoms with Crippen LogP contribution in [0.25, 0.3) is 0 Å². The Labute approximate surface area is 157 Å². The first-order valence-electron chi connectivity index (χ1n) is 9.64. The van der Waals surface area contributed by atoms with Crippen molar-refractivity contribution in [3.05, 3.63) is 22.6 Å². The smallest absolute Gasteiger partial charge is 0.154 e. The minimum Gasteiger partial charge on any atom is -0.350 e. The van der Waals surface area contributed by atoms with E-state index in [2.05, 4.69) is 23.5 Å². The Morgan fingerprint density at radius 3 is 2.44 bits per heavy atom. The molecule has 25 heavy (non-hydrogen) atoms. The van der Waals surface area contributed by atoms with Gasteiger partial charge in [0.05, 0.1) is 0 Å². The standard InChI is InChI=1S/C20H38N2O2S/c1-7-8-9-10-11-12-13-19-20(4,24-19)21-25(23)18(3)15-14-17(2)16-22(5)6/h14-15,19,21H,7-13,16H2,1-6H3. The number of epoxide rings is 1. The van der Waals surface area contributed by atoms with E-state index < -0.39 is 16.7 Å². The van der Waals surface area contributed by atoms with Crippen molar-refractivity contribution in [2.75, 3.05) is 20.6 Å². The SMILES string of the molecule is CCCCCCCCC1OC1(C)NS(=O)C(C)=CC=C(C)CN(C)C. The highest BCUT2D eigenvalue weighted by atomic mass is 32.2. The molecule has 0 aliphatic carbocycles. The lowest BCUT2D eigenvalue weighted by atomic mass is 10.1. The van der Waals surface area contributed by atoms with Crippen molar-refractivity contribution in [1.82, 2.24) is 9.62 Å². The van der Waals surface area contributed by atoms with Crippen LogP contribution in [0.1, 0.15) is 72.6 Å². The third kappa shape index (κ3) is 9.13. The third-order valence-electron chi connectivity index (χ3n) is 4.52. The van der Waals surface area contributed by atoms with Gasteiger partial charge in [0.2, 0.25) is 0 Å². The molecule has 1 rings (SSSR count). The Kier molecular flexibility index (Phi) is 10.2. The van der Waals surface area contributed by atoms with Crippen LogP contribution in [0.3, 0.4) is 0 Å². The van der Waals surface area contributed by atoms with Gasteiger partial charge < -0.3 is 9.64 Å². The Bertz CT molecular complexity index is 488. The summed E-state index contributed by atoms with van der Waals surface area (Å²) in [7, 11) is 2.88. The van der Waals surface area contributed by atoms with Crippen LogP contribution in [0.2, 0.25) is 0 Å². The van der Waals surface area contributed by atoms with Crippen molar-refractivity contribution < 1.29 is 8.95 Å². The molecular formula is C20H38N2O2S. The fourth-order valence-electron chi connectivity index (χ4n) is 2.93. The van der Waals surface area contributed by atoms with E-state index in [1.807, 2.05) is 40.1 Å². The molecular weight excluding hydrogens is 332 g/mol. The Balaban J connectivity index is 2.32. The fourth-order valence-corrected chi connectivity index (χ4v) is 3.83. The second kappa shape index (κ2) is 11.3. The zero-order chi connectivity index (χ0) is 18.9. The van der Waals surface area contributed by atoms with Crippen LogP contribution in [-0.4, -0.2) is 41.6 Å². The van der Waals surface area contributed by atoms with Crippen molar-refractivity contribution in [2.24, 2.45) is 0 Å². The quantitative estimate of drug-likeness (QED) is 0.294. The van der Waals surface area contributed by atoms with Crippen LogP contribution in [0.15, 0.2) is 22.6 Å². The monoisotopic (exact) mass is 370 g/mol. The molecule has 1 aliphatic rings.